The number of carbonyl (C=O) groups is 6. The standard InChI is InChI=1S/C30H36N4O7.C28H32N4O6.2CH4/c1-14-8-17-9-19-21(11-31)34-20(25(33(19)4)23(17)30(28(14)39-6)41-13-38-5)10-18-24(22(34)12-32-16(3)35)27(37)29(40-7)15(2)26(18)36;1-12-7-15-8-17-19(10-29)32-18(23(31(17)4)21(15)25(35)27(12)37-5)9-16-22(20(32)11-30-14(3)33)26(36)28(38-6)13(2)24(16)34;;/h8,19-22,25H,9-10,12-13H2,1-7H3,(H,32,35);7,17-20,23,35H,8-9,11H2,1-6H3,(H,30,33);2*1H4/t19-,20?,21-,22-,25-;17-,18?,19-,20-,23-;;/m00../s1. The fraction of sp³-hybridized carbons (Fsp3) is 0.533. The van der Waals surface area contributed by atoms with E-state index in [-0.39, 0.29) is 141 Å². The van der Waals surface area contributed by atoms with Crippen molar-refractivity contribution in [1.82, 2.24) is 30.2 Å². The van der Waals surface area contributed by atoms with Crippen LogP contribution < -0.4 is 24.8 Å². The number of aromatic hydroxyl groups is 1. The minimum Gasteiger partial charge on any atom is -0.504 e. The molecule has 10 atom stereocenters. The molecular weight excluding hydrogens is 1040 g/mol. The molecule has 0 spiro atoms. The van der Waals surface area contributed by atoms with Crippen LogP contribution in [0, 0.1) is 36.5 Å². The summed E-state index contributed by atoms with van der Waals surface area (Å²) in [6, 6.07) is 4.43. The van der Waals surface area contributed by atoms with Crippen LogP contribution in [0.2, 0.25) is 0 Å². The molecule has 2 fully saturated rings. The first-order valence-corrected chi connectivity index (χ1v) is 26.3. The van der Waals surface area contributed by atoms with Crippen molar-refractivity contribution in [2.24, 2.45) is 0 Å². The SMILES string of the molecule is C.C.COC1=C(C)C(=O)C2=C(C1=O)[C@H](CNC(C)=O)N1C(C2)[C@H]2c3c(cc(C)c(OC)c3O)C[C@@H]([C@@H]1C#N)N2C.COCOc1c(OC)c(C)cc2c1[C@@H]1C3CC4=C(C(=O)C(OC)=C(C)C4=O)[C@H](CNC(C)=O)N3[C@@H](C#N)[C@H](C2)N1C. The van der Waals surface area contributed by atoms with Crippen LogP contribution in [0.4, 0.5) is 0 Å². The molecule has 6 aliphatic heterocycles. The van der Waals surface area contributed by atoms with Crippen LogP contribution in [0.15, 0.2) is 57.1 Å². The van der Waals surface area contributed by atoms with Crippen molar-refractivity contribution in [1.29, 1.82) is 10.5 Å². The molecule has 0 aromatic heterocycles. The number of ether oxygens (including phenoxy) is 6. The van der Waals surface area contributed by atoms with E-state index in [0.29, 0.717) is 52.4 Å². The Kier molecular flexibility index (Phi) is 17.8. The molecule has 6 heterocycles. The van der Waals surface area contributed by atoms with E-state index in [9.17, 15) is 44.4 Å². The number of methoxy groups -OCH3 is 5. The highest BCUT2D eigenvalue weighted by atomic mass is 16.7. The number of phenolic OH excluding ortho intramolecular Hbond substituents is 1. The number of fused-ring (bicyclic) bond motifs is 12. The molecule has 434 valence electrons. The van der Waals surface area contributed by atoms with Gasteiger partial charge in [-0.05, 0) is 89.7 Å². The summed E-state index contributed by atoms with van der Waals surface area (Å²) in [5, 5.41) is 38.1. The van der Waals surface area contributed by atoms with Crippen molar-refractivity contribution in [2.45, 2.75) is 142 Å². The fourth-order valence-corrected chi connectivity index (χ4v) is 14.3. The van der Waals surface area contributed by atoms with Gasteiger partial charge in [0.15, 0.2) is 52.9 Å². The summed E-state index contributed by atoms with van der Waals surface area (Å²) >= 11 is 0. The van der Waals surface area contributed by atoms with E-state index in [1.54, 1.807) is 28.1 Å². The van der Waals surface area contributed by atoms with Gasteiger partial charge in [0.05, 0.1) is 64.7 Å². The van der Waals surface area contributed by atoms with E-state index >= 15 is 0 Å². The van der Waals surface area contributed by atoms with Crippen LogP contribution in [0.1, 0.15) is 101 Å². The highest BCUT2D eigenvalue weighted by Gasteiger charge is 2.60. The first kappa shape index (κ1) is 61.2. The molecule has 0 saturated carbocycles. The van der Waals surface area contributed by atoms with Gasteiger partial charge >= 0.3 is 0 Å². The van der Waals surface area contributed by atoms with Gasteiger partial charge in [0, 0.05) is 103 Å². The maximum atomic E-state index is 13.8. The third kappa shape index (κ3) is 9.56. The van der Waals surface area contributed by atoms with Gasteiger partial charge in [-0.15, -0.1) is 0 Å². The number of ketones is 4. The molecule has 2 aromatic rings. The van der Waals surface area contributed by atoms with Gasteiger partial charge in [-0.1, -0.05) is 27.0 Å². The first-order chi connectivity index (χ1) is 37.7. The van der Waals surface area contributed by atoms with E-state index in [0.717, 1.165) is 27.8 Å². The van der Waals surface area contributed by atoms with Crippen LogP contribution in [-0.2, 0) is 55.8 Å². The summed E-state index contributed by atoms with van der Waals surface area (Å²) in [4.78, 5) is 87.2. The zero-order chi connectivity index (χ0) is 57.4. The van der Waals surface area contributed by atoms with E-state index in [4.69, 9.17) is 28.4 Å². The highest BCUT2D eigenvalue weighted by molar-refractivity contribution is 6.26. The summed E-state index contributed by atoms with van der Waals surface area (Å²) < 4.78 is 33.4. The summed E-state index contributed by atoms with van der Waals surface area (Å²) in [6.45, 7) is 9.92. The van der Waals surface area contributed by atoms with Gasteiger partial charge in [-0.25, -0.2) is 0 Å². The number of amides is 2. The van der Waals surface area contributed by atoms with Crippen LogP contribution in [0.25, 0.3) is 0 Å². The molecule has 21 nitrogen and oxygen atoms in total. The summed E-state index contributed by atoms with van der Waals surface area (Å²) in [7, 11) is 11.3. The molecule has 8 aliphatic rings. The van der Waals surface area contributed by atoms with E-state index in [2.05, 4.69) is 38.6 Å². The second kappa shape index (κ2) is 23.6. The number of benzene rings is 2. The molecule has 2 amide bonds. The second-order valence-corrected chi connectivity index (χ2v) is 21.5. The van der Waals surface area contributed by atoms with Crippen LogP contribution in [0.3, 0.4) is 0 Å². The number of nitrogens with one attached hydrogen (secondary N) is 2. The number of nitriles is 2. The second-order valence-electron chi connectivity index (χ2n) is 21.5. The van der Waals surface area contributed by atoms with Gasteiger partial charge in [0.1, 0.15) is 12.1 Å². The molecule has 2 aliphatic carbocycles. The predicted octanol–water partition coefficient (Wildman–Crippen LogP) is 4.47. The van der Waals surface area contributed by atoms with Crippen molar-refractivity contribution < 1.29 is 62.3 Å². The van der Waals surface area contributed by atoms with E-state index < -0.39 is 36.0 Å². The number of hydrogen-bond donors (Lipinski definition) is 3. The number of piperazine rings is 2. The molecule has 10 rings (SSSR count). The number of phenols is 1. The van der Waals surface area contributed by atoms with Crippen LogP contribution >= 0.6 is 0 Å². The van der Waals surface area contributed by atoms with Crippen molar-refractivity contribution in [3.8, 4) is 35.1 Å². The number of aryl methyl sites for hydroxylation is 2. The average molecular weight is 1120 g/mol. The third-order valence-corrected chi connectivity index (χ3v) is 17.5. The molecule has 81 heavy (non-hydrogen) atoms. The zero-order valence-corrected chi connectivity index (χ0v) is 46.9. The minimum absolute atomic E-state index is 0. The fourth-order valence-electron chi connectivity index (χ4n) is 14.3. The van der Waals surface area contributed by atoms with Gasteiger partial charge in [-0.2, -0.15) is 10.5 Å². The Bertz CT molecular complexity index is 3220. The first-order valence-electron chi connectivity index (χ1n) is 26.3. The third-order valence-electron chi connectivity index (χ3n) is 17.5. The number of Topliss-reactive ketones (excluding diaryl/α,β-unsaturated/α-hetero) is 4. The lowest BCUT2D eigenvalue weighted by Gasteiger charge is -2.60. The maximum Gasteiger partial charge on any atom is 0.226 e. The van der Waals surface area contributed by atoms with Crippen LogP contribution in [-0.4, -0.2) is 178 Å². The summed E-state index contributed by atoms with van der Waals surface area (Å²) in [5.74, 6) is -0.256. The van der Waals surface area contributed by atoms with Gasteiger partial charge in [0.2, 0.25) is 23.4 Å². The molecule has 3 N–H and O–H groups in total. The summed E-state index contributed by atoms with van der Waals surface area (Å²) in [6.07, 6.45) is 1.52. The Hall–Kier alpha value is -7.40. The topological polar surface area (TPSA) is 263 Å². The van der Waals surface area contributed by atoms with Crippen molar-refractivity contribution in [3.05, 3.63) is 90.5 Å². The normalized spacial score (nSPS) is 27.4. The Labute approximate surface area is 474 Å². The Balaban J connectivity index is 0.000000229. The lowest BCUT2D eigenvalue weighted by atomic mass is 9.69. The number of carbonyl (C=O) groups excluding carboxylic acids is 6. The molecule has 2 unspecified atom stereocenters. The molecule has 2 saturated heterocycles. The lowest BCUT2D eigenvalue weighted by molar-refractivity contribution is -0.124. The predicted molar refractivity (Wildman–Crippen MR) is 297 cm³/mol. The number of hydrogen-bond acceptors (Lipinski definition) is 19. The van der Waals surface area contributed by atoms with E-state index in [1.165, 1.54) is 35.2 Å². The average Bonchev–Trinajstić information content (AvgIpc) is 1.48. The van der Waals surface area contributed by atoms with Crippen molar-refractivity contribution >= 4 is 34.9 Å². The van der Waals surface area contributed by atoms with Crippen molar-refractivity contribution in [2.75, 3.05) is 69.5 Å². The highest BCUT2D eigenvalue weighted by Crippen LogP contribution is 2.56. The lowest BCUT2D eigenvalue weighted by Crippen LogP contribution is -2.71. The molecule has 21 heteroatoms. The summed E-state index contributed by atoms with van der Waals surface area (Å²) in [5.41, 5.74) is 7.16. The monoisotopic (exact) mass is 1120 g/mol. The smallest absolute Gasteiger partial charge is 0.226 e. The maximum absolute atomic E-state index is 13.8. The Morgan fingerprint density at radius 2 is 1.01 bits per heavy atom. The van der Waals surface area contributed by atoms with Crippen LogP contribution in [0.5, 0.6) is 23.0 Å². The molecule has 0 radical (unpaired) electrons. The Morgan fingerprint density at radius 3 is 1.40 bits per heavy atom. The van der Waals surface area contributed by atoms with Gasteiger partial charge in [0.25, 0.3) is 0 Å². The largest absolute Gasteiger partial charge is 0.504 e. The van der Waals surface area contributed by atoms with Crippen molar-refractivity contribution in [3.63, 3.8) is 0 Å². The Morgan fingerprint density at radius 1 is 0.605 bits per heavy atom. The number of likely N-dealkylation sites (N-methyl/N-ethyl adjacent to an activating group) is 2. The molecular formula is C60H76N8O13. The van der Waals surface area contributed by atoms with E-state index in [1.807, 2.05) is 43.8 Å². The zero-order valence-electron chi connectivity index (χ0n) is 46.9. The molecule has 2 aromatic carbocycles. The molecule has 4 bridgehead atoms. The minimum atomic E-state index is -0.721. The quantitative estimate of drug-likeness (QED) is 0.207. The van der Waals surface area contributed by atoms with Gasteiger partial charge < -0.3 is 44.2 Å². The number of nitrogens with zero attached hydrogens (tertiary/aromatic N) is 6. The van der Waals surface area contributed by atoms with Gasteiger partial charge in [-0.3, -0.25) is 48.4 Å². The number of allylic oxidation sites excluding steroid dienone is 4. The number of rotatable bonds is 11.